The van der Waals surface area contributed by atoms with Crippen LogP contribution in [0.5, 0.6) is 11.5 Å². The number of halogens is 2. The van der Waals surface area contributed by atoms with Crippen molar-refractivity contribution in [2.45, 2.75) is 0 Å². The molecule has 3 aromatic rings. The largest absolute Gasteiger partial charge is 0.496 e. The van der Waals surface area contributed by atoms with Crippen LogP contribution in [0.25, 0.3) is 22.2 Å². The van der Waals surface area contributed by atoms with Crippen molar-refractivity contribution in [1.29, 1.82) is 0 Å². The zero-order valence-electron chi connectivity index (χ0n) is 13.0. The molecule has 3 rings (SSSR count). The zero-order chi connectivity index (χ0) is 17.3. The molecule has 24 heavy (non-hydrogen) atoms. The van der Waals surface area contributed by atoms with Crippen LogP contribution < -0.4 is 9.47 Å². The quantitative estimate of drug-likeness (QED) is 0.616. The summed E-state index contributed by atoms with van der Waals surface area (Å²) >= 11 is 11.7. The number of nitrogens with zero attached hydrogens (tertiary/aromatic N) is 1. The third-order valence-electron chi connectivity index (χ3n) is 3.68. The number of pyridine rings is 1. The highest BCUT2D eigenvalue weighted by Gasteiger charge is 2.19. The molecule has 0 fully saturated rings. The summed E-state index contributed by atoms with van der Waals surface area (Å²) in [4.78, 5) is 16.6. The number of methoxy groups -OCH3 is 2. The monoisotopic (exact) mass is 361 g/mol. The summed E-state index contributed by atoms with van der Waals surface area (Å²) in [5.41, 5.74) is 2.22. The number of carbonyl (C=O) groups excluding carboxylic acids is 1. The molecule has 1 aromatic heterocycles. The third-order valence-corrected chi connectivity index (χ3v) is 4.13. The van der Waals surface area contributed by atoms with Crippen LogP contribution in [0.3, 0.4) is 0 Å². The Kier molecular flexibility index (Phi) is 4.60. The third kappa shape index (κ3) is 2.90. The molecule has 0 radical (unpaired) electrons. The Balaban J connectivity index is 2.38. The molecule has 4 nitrogen and oxygen atoms in total. The highest BCUT2D eigenvalue weighted by molar-refractivity contribution is 6.68. The number of ether oxygens (including phenoxy) is 2. The SMILES string of the molecule is COc1ccc(OC)c2c(C(=O)Cl)cc(-c3ccc(Cl)cc3)nc12. The Bertz CT molecular complexity index is 924. The van der Waals surface area contributed by atoms with Gasteiger partial charge in [0.15, 0.2) is 0 Å². The van der Waals surface area contributed by atoms with Gasteiger partial charge in [0.05, 0.1) is 25.3 Å². The van der Waals surface area contributed by atoms with Gasteiger partial charge < -0.3 is 9.47 Å². The van der Waals surface area contributed by atoms with Gasteiger partial charge in [-0.05, 0) is 41.9 Å². The van der Waals surface area contributed by atoms with E-state index in [0.717, 1.165) is 5.56 Å². The Morgan fingerprint density at radius 1 is 1.00 bits per heavy atom. The number of hydrogen-bond donors (Lipinski definition) is 0. The van der Waals surface area contributed by atoms with Crippen molar-refractivity contribution < 1.29 is 14.3 Å². The van der Waals surface area contributed by atoms with E-state index in [1.165, 1.54) is 7.11 Å². The molecule has 122 valence electrons. The first kappa shape index (κ1) is 16.6. The summed E-state index contributed by atoms with van der Waals surface area (Å²) in [5, 5.41) is 0.547. The second-order valence-electron chi connectivity index (χ2n) is 5.03. The second kappa shape index (κ2) is 6.67. The molecule has 2 aromatic carbocycles. The molecule has 0 atom stereocenters. The number of aromatic nitrogens is 1. The fraction of sp³-hybridized carbons (Fsp3) is 0.111. The molecule has 0 saturated carbocycles. The van der Waals surface area contributed by atoms with E-state index in [0.29, 0.717) is 38.7 Å². The highest BCUT2D eigenvalue weighted by atomic mass is 35.5. The van der Waals surface area contributed by atoms with Crippen LogP contribution in [0, 0.1) is 0 Å². The van der Waals surface area contributed by atoms with Gasteiger partial charge in [-0.2, -0.15) is 0 Å². The van der Waals surface area contributed by atoms with Gasteiger partial charge in [0.2, 0.25) is 0 Å². The smallest absolute Gasteiger partial charge is 0.253 e. The molecular formula is C18H13Cl2NO3. The topological polar surface area (TPSA) is 48.4 Å². The van der Waals surface area contributed by atoms with E-state index < -0.39 is 5.24 Å². The maximum absolute atomic E-state index is 12.0. The van der Waals surface area contributed by atoms with Crippen molar-refractivity contribution in [2.24, 2.45) is 0 Å². The van der Waals surface area contributed by atoms with Crippen molar-refractivity contribution in [2.75, 3.05) is 14.2 Å². The minimum Gasteiger partial charge on any atom is -0.496 e. The first-order chi connectivity index (χ1) is 11.5. The second-order valence-corrected chi connectivity index (χ2v) is 5.81. The van der Waals surface area contributed by atoms with Crippen LogP contribution in [0.2, 0.25) is 5.02 Å². The maximum Gasteiger partial charge on any atom is 0.253 e. The average molecular weight is 362 g/mol. The van der Waals surface area contributed by atoms with E-state index >= 15 is 0 Å². The lowest BCUT2D eigenvalue weighted by Crippen LogP contribution is -2.00. The normalized spacial score (nSPS) is 10.7. The summed E-state index contributed by atoms with van der Waals surface area (Å²) in [7, 11) is 3.07. The van der Waals surface area contributed by atoms with Crippen LogP contribution in [-0.2, 0) is 0 Å². The Labute approximate surface area is 148 Å². The molecule has 0 aliphatic rings. The standard InChI is InChI=1S/C18H13Cl2NO3/c1-23-14-7-8-15(24-2)17-16(14)12(18(20)22)9-13(21-17)10-3-5-11(19)6-4-10/h3-9H,1-2H3. The van der Waals surface area contributed by atoms with Crippen molar-refractivity contribution in [3.8, 4) is 22.8 Å². The van der Waals surface area contributed by atoms with Crippen LogP contribution >= 0.6 is 23.2 Å². The minimum atomic E-state index is -0.593. The van der Waals surface area contributed by atoms with Crippen LogP contribution in [0.15, 0.2) is 42.5 Å². The Hall–Kier alpha value is -2.30. The number of carbonyl (C=O) groups is 1. The first-order valence-corrected chi connectivity index (χ1v) is 7.82. The molecule has 0 aliphatic heterocycles. The molecule has 0 saturated heterocycles. The molecule has 0 unspecified atom stereocenters. The van der Waals surface area contributed by atoms with Gasteiger partial charge in [0.1, 0.15) is 17.0 Å². The summed E-state index contributed by atoms with van der Waals surface area (Å²) in [5.74, 6) is 1.03. The van der Waals surface area contributed by atoms with Gasteiger partial charge >= 0.3 is 0 Å². The van der Waals surface area contributed by atoms with Crippen LogP contribution in [-0.4, -0.2) is 24.4 Å². The molecule has 0 N–H and O–H groups in total. The van der Waals surface area contributed by atoms with Gasteiger partial charge in [-0.15, -0.1) is 0 Å². The van der Waals surface area contributed by atoms with Crippen molar-refractivity contribution in [1.82, 2.24) is 4.98 Å². The molecule has 6 heteroatoms. The summed E-state index contributed by atoms with van der Waals surface area (Å²) in [6, 6.07) is 12.3. The molecular weight excluding hydrogens is 349 g/mol. The summed E-state index contributed by atoms with van der Waals surface area (Å²) in [6.07, 6.45) is 0. The Morgan fingerprint density at radius 2 is 1.62 bits per heavy atom. The first-order valence-electron chi connectivity index (χ1n) is 7.06. The predicted octanol–water partition coefficient (Wildman–Crippen LogP) is 4.95. The summed E-state index contributed by atoms with van der Waals surface area (Å²) < 4.78 is 10.7. The molecule has 0 amide bonds. The number of benzene rings is 2. The van der Waals surface area contributed by atoms with Gasteiger partial charge in [0, 0.05) is 16.1 Å². The predicted molar refractivity (Wildman–Crippen MR) is 95.5 cm³/mol. The van der Waals surface area contributed by atoms with E-state index in [4.69, 9.17) is 32.7 Å². The van der Waals surface area contributed by atoms with E-state index in [1.54, 1.807) is 37.4 Å². The van der Waals surface area contributed by atoms with Crippen LogP contribution in [0.1, 0.15) is 10.4 Å². The van der Waals surface area contributed by atoms with Crippen LogP contribution in [0.4, 0.5) is 0 Å². The lowest BCUT2D eigenvalue weighted by molar-refractivity contribution is 0.108. The average Bonchev–Trinajstić information content (AvgIpc) is 2.60. The van der Waals surface area contributed by atoms with Gasteiger partial charge in [-0.25, -0.2) is 4.98 Å². The molecule has 0 bridgehead atoms. The lowest BCUT2D eigenvalue weighted by Gasteiger charge is -2.13. The van der Waals surface area contributed by atoms with Gasteiger partial charge in [0.25, 0.3) is 5.24 Å². The number of rotatable bonds is 4. The van der Waals surface area contributed by atoms with Crippen molar-refractivity contribution >= 4 is 39.3 Å². The fourth-order valence-electron chi connectivity index (χ4n) is 2.54. The van der Waals surface area contributed by atoms with Crippen molar-refractivity contribution in [3.63, 3.8) is 0 Å². The van der Waals surface area contributed by atoms with Crippen molar-refractivity contribution in [3.05, 3.63) is 53.1 Å². The lowest BCUT2D eigenvalue weighted by atomic mass is 10.0. The highest BCUT2D eigenvalue weighted by Crippen LogP contribution is 2.37. The van der Waals surface area contributed by atoms with E-state index in [2.05, 4.69) is 4.98 Å². The minimum absolute atomic E-state index is 0.308. The van der Waals surface area contributed by atoms with E-state index in [-0.39, 0.29) is 0 Å². The fourth-order valence-corrected chi connectivity index (χ4v) is 2.82. The van der Waals surface area contributed by atoms with E-state index in [1.807, 2.05) is 12.1 Å². The van der Waals surface area contributed by atoms with E-state index in [9.17, 15) is 4.79 Å². The number of hydrogen-bond acceptors (Lipinski definition) is 4. The number of fused-ring (bicyclic) bond motifs is 1. The van der Waals surface area contributed by atoms with Gasteiger partial charge in [-0.3, -0.25) is 4.79 Å². The zero-order valence-corrected chi connectivity index (χ0v) is 14.5. The van der Waals surface area contributed by atoms with Gasteiger partial charge in [-0.1, -0.05) is 23.7 Å². The summed E-state index contributed by atoms with van der Waals surface area (Å²) in [6.45, 7) is 0. The molecule has 0 spiro atoms. The molecule has 1 heterocycles. The Morgan fingerprint density at radius 3 is 2.21 bits per heavy atom. The molecule has 0 aliphatic carbocycles. The maximum atomic E-state index is 12.0.